The Hall–Kier alpha value is -1.56. The van der Waals surface area contributed by atoms with Crippen molar-refractivity contribution in [2.24, 2.45) is 0 Å². The molecule has 0 aliphatic carbocycles. The average molecular weight is 330 g/mol. The molecule has 0 radical (unpaired) electrons. The van der Waals surface area contributed by atoms with Gasteiger partial charge >= 0.3 is 5.97 Å². The average Bonchev–Trinajstić information content (AvgIpc) is 2.38. The van der Waals surface area contributed by atoms with Crippen molar-refractivity contribution in [1.29, 1.82) is 0 Å². The molecule has 0 spiro atoms. The zero-order valence-corrected chi connectivity index (χ0v) is 12.4. The number of hydrogen-bond acceptors (Lipinski definition) is 3. The first-order valence-electron chi connectivity index (χ1n) is 5.82. The van der Waals surface area contributed by atoms with Crippen LogP contribution >= 0.6 is 15.9 Å². The van der Waals surface area contributed by atoms with E-state index in [1.807, 2.05) is 0 Å². The van der Waals surface area contributed by atoms with Crippen molar-refractivity contribution in [1.82, 2.24) is 5.32 Å². The van der Waals surface area contributed by atoms with Crippen molar-refractivity contribution in [3.8, 4) is 5.75 Å². The van der Waals surface area contributed by atoms with E-state index in [2.05, 4.69) is 21.2 Å². The molecule has 1 rings (SSSR count). The maximum Gasteiger partial charge on any atom is 0.326 e. The Morgan fingerprint density at radius 3 is 2.68 bits per heavy atom. The minimum Gasteiger partial charge on any atom is -0.497 e. The highest BCUT2D eigenvalue weighted by atomic mass is 79.9. The Bertz CT molecular complexity index is 476. The van der Waals surface area contributed by atoms with Crippen LogP contribution in [-0.2, 0) is 16.0 Å². The number of amides is 1. The first-order chi connectivity index (χ1) is 8.97. The molecule has 0 saturated heterocycles. The van der Waals surface area contributed by atoms with Crippen molar-refractivity contribution in [2.45, 2.75) is 25.8 Å². The van der Waals surface area contributed by atoms with Gasteiger partial charge in [0.05, 0.1) is 13.5 Å². The Morgan fingerprint density at radius 2 is 2.16 bits per heavy atom. The molecule has 1 amide bonds. The van der Waals surface area contributed by atoms with Gasteiger partial charge in [0.2, 0.25) is 5.91 Å². The molecule has 2 N–H and O–H groups in total. The monoisotopic (exact) mass is 329 g/mol. The Kier molecular flexibility index (Phi) is 5.82. The van der Waals surface area contributed by atoms with Crippen LogP contribution in [0.3, 0.4) is 0 Å². The molecule has 6 heteroatoms. The number of carbonyl (C=O) groups excluding carboxylic acids is 1. The summed E-state index contributed by atoms with van der Waals surface area (Å²) in [6, 6.07) is 4.45. The number of ether oxygens (including phenoxy) is 1. The highest BCUT2D eigenvalue weighted by Gasteiger charge is 2.18. The molecular formula is C13H16BrNO4. The molecule has 1 unspecified atom stereocenters. The van der Waals surface area contributed by atoms with Crippen LogP contribution in [0.4, 0.5) is 0 Å². The highest BCUT2D eigenvalue weighted by Crippen LogP contribution is 2.22. The lowest BCUT2D eigenvalue weighted by atomic mass is 10.1. The maximum absolute atomic E-state index is 11.8. The summed E-state index contributed by atoms with van der Waals surface area (Å²) in [6.07, 6.45) is 0.446. The molecule has 0 heterocycles. The molecule has 0 bridgehead atoms. The molecule has 0 aromatic heterocycles. The molecule has 1 aromatic rings. The first kappa shape index (κ1) is 15.5. The highest BCUT2D eigenvalue weighted by molar-refractivity contribution is 9.10. The third-order valence-electron chi connectivity index (χ3n) is 2.65. The maximum atomic E-state index is 11.8. The topological polar surface area (TPSA) is 75.6 Å². The number of hydrogen-bond donors (Lipinski definition) is 2. The van der Waals surface area contributed by atoms with Crippen LogP contribution < -0.4 is 10.1 Å². The third kappa shape index (κ3) is 4.55. The fraction of sp³-hybridized carbons (Fsp3) is 0.385. The second-order valence-electron chi connectivity index (χ2n) is 4.00. The van der Waals surface area contributed by atoms with Crippen molar-refractivity contribution >= 4 is 27.8 Å². The molecule has 0 aliphatic heterocycles. The van der Waals surface area contributed by atoms with E-state index < -0.39 is 12.0 Å². The number of benzene rings is 1. The zero-order chi connectivity index (χ0) is 14.4. The molecule has 19 heavy (non-hydrogen) atoms. The zero-order valence-electron chi connectivity index (χ0n) is 10.8. The molecule has 0 saturated carbocycles. The molecule has 1 atom stereocenters. The van der Waals surface area contributed by atoms with E-state index in [0.29, 0.717) is 12.2 Å². The predicted molar refractivity (Wildman–Crippen MR) is 74.3 cm³/mol. The number of methoxy groups -OCH3 is 1. The molecule has 5 nitrogen and oxygen atoms in total. The van der Waals surface area contributed by atoms with Crippen molar-refractivity contribution in [2.75, 3.05) is 7.11 Å². The molecule has 104 valence electrons. The fourth-order valence-corrected chi connectivity index (χ4v) is 1.96. The largest absolute Gasteiger partial charge is 0.497 e. The number of nitrogens with one attached hydrogen (secondary N) is 1. The van der Waals surface area contributed by atoms with Crippen LogP contribution in [0.1, 0.15) is 18.9 Å². The molecule has 0 aliphatic rings. The van der Waals surface area contributed by atoms with Gasteiger partial charge in [-0.1, -0.05) is 22.9 Å². The second kappa shape index (κ2) is 7.13. The van der Waals surface area contributed by atoms with Gasteiger partial charge in [-0.05, 0) is 30.2 Å². The lowest BCUT2D eigenvalue weighted by Gasteiger charge is -2.13. The smallest absolute Gasteiger partial charge is 0.326 e. The normalized spacial score (nSPS) is 11.7. The van der Waals surface area contributed by atoms with Crippen LogP contribution in [0.5, 0.6) is 5.75 Å². The van der Waals surface area contributed by atoms with E-state index in [-0.39, 0.29) is 12.3 Å². The van der Waals surface area contributed by atoms with E-state index in [0.717, 1.165) is 10.0 Å². The van der Waals surface area contributed by atoms with E-state index in [1.54, 1.807) is 32.2 Å². The van der Waals surface area contributed by atoms with Gasteiger partial charge in [0.25, 0.3) is 0 Å². The molecule has 0 fully saturated rings. The van der Waals surface area contributed by atoms with Gasteiger partial charge < -0.3 is 15.2 Å². The van der Waals surface area contributed by atoms with Crippen LogP contribution in [-0.4, -0.2) is 30.1 Å². The van der Waals surface area contributed by atoms with Crippen molar-refractivity contribution < 1.29 is 19.4 Å². The van der Waals surface area contributed by atoms with E-state index in [4.69, 9.17) is 9.84 Å². The summed E-state index contributed by atoms with van der Waals surface area (Å²) < 4.78 is 5.87. The van der Waals surface area contributed by atoms with Gasteiger partial charge in [-0.25, -0.2) is 4.79 Å². The predicted octanol–water partition coefficient (Wildman–Crippen LogP) is 1.98. The van der Waals surface area contributed by atoms with Crippen LogP contribution in [0.25, 0.3) is 0 Å². The minimum atomic E-state index is -1.03. The SMILES string of the molecule is CCC(NC(=O)Cc1cc(OC)ccc1Br)C(=O)O. The van der Waals surface area contributed by atoms with Crippen molar-refractivity contribution in [3.63, 3.8) is 0 Å². The Morgan fingerprint density at radius 1 is 1.47 bits per heavy atom. The van der Waals surface area contributed by atoms with E-state index >= 15 is 0 Å². The summed E-state index contributed by atoms with van der Waals surface area (Å²) in [5, 5.41) is 11.4. The first-order valence-corrected chi connectivity index (χ1v) is 6.61. The minimum absolute atomic E-state index is 0.0988. The number of carbonyl (C=O) groups is 2. The summed E-state index contributed by atoms with van der Waals surface area (Å²) in [6.45, 7) is 1.71. The van der Waals surface area contributed by atoms with Gasteiger partial charge in [0.1, 0.15) is 11.8 Å². The van der Waals surface area contributed by atoms with Crippen LogP contribution in [0, 0.1) is 0 Å². The van der Waals surface area contributed by atoms with E-state index in [1.165, 1.54) is 0 Å². The number of halogens is 1. The fourth-order valence-electron chi connectivity index (χ4n) is 1.57. The Labute approximate surface area is 120 Å². The van der Waals surface area contributed by atoms with Gasteiger partial charge in [0, 0.05) is 4.47 Å². The molecule has 1 aromatic carbocycles. The summed E-state index contributed by atoms with van der Waals surface area (Å²) in [5.41, 5.74) is 0.747. The summed E-state index contributed by atoms with van der Waals surface area (Å²) in [7, 11) is 1.55. The summed E-state index contributed by atoms with van der Waals surface area (Å²) in [5.74, 6) is -0.708. The lowest BCUT2D eigenvalue weighted by Crippen LogP contribution is -2.41. The van der Waals surface area contributed by atoms with Gasteiger partial charge in [-0.3, -0.25) is 4.79 Å². The van der Waals surface area contributed by atoms with Crippen molar-refractivity contribution in [3.05, 3.63) is 28.2 Å². The second-order valence-corrected chi connectivity index (χ2v) is 4.86. The summed E-state index contributed by atoms with van der Waals surface area (Å²) in [4.78, 5) is 22.6. The standard InChI is InChI=1S/C13H16BrNO4/c1-3-11(13(17)18)15-12(16)7-8-6-9(19-2)4-5-10(8)14/h4-6,11H,3,7H2,1-2H3,(H,15,16)(H,17,18). The van der Waals surface area contributed by atoms with Gasteiger partial charge in [0.15, 0.2) is 0 Å². The molecular weight excluding hydrogens is 314 g/mol. The van der Waals surface area contributed by atoms with Gasteiger partial charge in [-0.2, -0.15) is 0 Å². The summed E-state index contributed by atoms with van der Waals surface area (Å²) >= 11 is 3.35. The van der Waals surface area contributed by atoms with Gasteiger partial charge in [-0.15, -0.1) is 0 Å². The Balaban J connectivity index is 2.73. The van der Waals surface area contributed by atoms with Crippen LogP contribution in [0.15, 0.2) is 22.7 Å². The number of aliphatic carboxylic acids is 1. The number of carboxylic acid groups (broad SMARTS) is 1. The third-order valence-corrected chi connectivity index (χ3v) is 3.42. The number of carboxylic acids is 1. The van der Waals surface area contributed by atoms with Crippen LogP contribution in [0.2, 0.25) is 0 Å². The number of rotatable bonds is 6. The lowest BCUT2D eigenvalue weighted by molar-refractivity contribution is -0.141. The van der Waals surface area contributed by atoms with E-state index in [9.17, 15) is 9.59 Å². The quantitative estimate of drug-likeness (QED) is 0.836.